The van der Waals surface area contributed by atoms with Crippen molar-refractivity contribution in [2.24, 2.45) is 0 Å². The van der Waals surface area contributed by atoms with Crippen LogP contribution in [0, 0.1) is 0 Å². The van der Waals surface area contributed by atoms with E-state index in [0.717, 1.165) is 28.1 Å². The largest absolute Gasteiger partial charge is 0.490 e. The number of para-hydroxylation sites is 2. The van der Waals surface area contributed by atoms with Gasteiger partial charge in [0.1, 0.15) is 6.61 Å². The van der Waals surface area contributed by atoms with Crippen LogP contribution < -0.4 is 19.7 Å². The van der Waals surface area contributed by atoms with Gasteiger partial charge >= 0.3 is 0 Å². The van der Waals surface area contributed by atoms with Crippen LogP contribution >= 0.6 is 23.2 Å². The van der Waals surface area contributed by atoms with Crippen LogP contribution in [0.25, 0.3) is 0 Å². The molecule has 0 radical (unpaired) electrons. The van der Waals surface area contributed by atoms with Crippen molar-refractivity contribution < 1.29 is 19.1 Å². The standard InChI is InChI=1S/C41H34Cl2N2O4/c1-2-48-38-24-29(16-21-37(38)49-25-26-12-17-31(42)18-13-26)40-39-34(22-30(23-36(39)46)27-14-19-32(43)20-15-27)44-33-10-6-7-11-35(33)45(40)41(47)28-8-4-3-5-9-28/h3-21,24,30,40,44H,2,22-23,25H2,1H3. The molecule has 2 unspecified atom stereocenters. The molecule has 246 valence electrons. The molecular formula is C41H34Cl2N2O4. The monoisotopic (exact) mass is 688 g/mol. The first-order valence-corrected chi connectivity index (χ1v) is 17.1. The molecule has 0 bridgehead atoms. The zero-order valence-corrected chi connectivity index (χ0v) is 28.4. The van der Waals surface area contributed by atoms with Crippen molar-refractivity contribution >= 4 is 46.3 Å². The number of hydrogen-bond donors (Lipinski definition) is 1. The van der Waals surface area contributed by atoms with Crippen LogP contribution in [0.3, 0.4) is 0 Å². The van der Waals surface area contributed by atoms with Gasteiger partial charge in [0.25, 0.3) is 5.91 Å². The van der Waals surface area contributed by atoms with E-state index in [1.54, 1.807) is 17.0 Å². The molecule has 0 aromatic heterocycles. The molecule has 2 atom stereocenters. The Labute approximate surface area is 295 Å². The minimum Gasteiger partial charge on any atom is -0.490 e. The molecule has 1 N–H and O–H groups in total. The number of benzene rings is 5. The van der Waals surface area contributed by atoms with Crippen molar-refractivity contribution in [1.82, 2.24) is 0 Å². The molecule has 2 aliphatic rings. The van der Waals surface area contributed by atoms with Gasteiger partial charge in [-0.3, -0.25) is 14.5 Å². The minimum atomic E-state index is -0.748. The first-order valence-electron chi connectivity index (χ1n) is 16.3. The molecule has 7 rings (SSSR count). The lowest BCUT2D eigenvalue weighted by atomic mass is 9.78. The van der Waals surface area contributed by atoms with E-state index < -0.39 is 6.04 Å². The number of allylic oxidation sites excluding steroid dienone is 1. The number of fused-ring (bicyclic) bond motifs is 1. The number of anilines is 2. The van der Waals surface area contributed by atoms with Crippen LogP contribution in [0.5, 0.6) is 11.5 Å². The SMILES string of the molecule is CCOc1cc(C2C3=C(CC(c4ccc(Cl)cc4)CC3=O)Nc3ccccc3N2C(=O)c2ccccc2)ccc1OCc1ccc(Cl)cc1. The lowest BCUT2D eigenvalue weighted by Crippen LogP contribution is -2.38. The molecule has 1 aliphatic heterocycles. The molecule has 49 heavy (non-hydrogen) atoms. The number of carbonyl (C=O) groups excluding carboxylic acids is 2. The Morgan fingerprint density at radius 3 is 2.18 bits per heavy atom. The van der Waals surface area contributed by atoms with Crippen LogP contribution in [0.15, 0.2) is 133 Å². The van der Waals surface area contributed by atoms with E-state index in [0.29, 0.717) is 64.4 Å². The highest BCUT2D eigenvalue weighted by atomic mass is 35.5. The third kappa shape index (κ3) is 6.80. The van der Waals surface area contributed by atoms with Crippen molar-refractivity contribution in [2.45, 2.75) is 38.3 Å². The highest BCUT2D eigenvalue weighted by molar-refractivity contribution is 6.30. The smallest absolute Gasteiger partial charge is 0.259 e. The van der Waals surface area contributed by atoms with Crippen molar-refractivity contribution in [3.05, 3.63) is 165 Å². The van der Waals surface area contributed by atoms with E-state index in [1.165, 1.54) is 0 Å². The molecule has 5 aromatic carbocycles. The molecule has 0 fully saturated rings. The van der Waals surface area contributed by atoms with Gasteiger partial charge in [0.15, 0.2) is 17.3 Å². The maximum atomic E-state index is 14.6. The van der Waals surface area contributed by atoms with E-state index in [1.807, 2.05) is 116 Å². The minimum absolute atomic E-state index is 0.0293. The van der Waals surface area contributed by atoms with Gasteiger partial charge in [-0.05, 0) is 96.6 Å². The average Bonchev–Trinajstić information content (AvgIpc) is 3.27. The quantitative estimate of drug-likeness (QED) is 0.176. The van der Waals surface area contributed by atoms with Crippen LogP contribution in [-0.4, -0.2) is 18.3 Å². The Hall–Kier alpha value is -5.04. The number of rotatable bonds is 8. The average molecular weight is 690 g/mol. The van der Waals surface area contributed by atoms with Crippen molar-refractivity contribution in [3.63, 3.8) is 0 Å². The van der Waals surface area contributed by atoms with Crippen molar-refractivity contribution in [3.8, 4) is 11.5 Å². The first-order chi connectivity index (χ1) is 23.9. The molecule has 0 saturated carbocycles. The Bertz CT molecular complexity index is 2030. The van der Waals surface area contributed by atoms with Gasteiger partial charge < -0.3 is 14.8 Å². The predicted molar refractivity (Wildman–Crippen MR) is 195 cm³/mol. The van der Waals surface area contributed by atoms with E-state index in [4.69, 9.17) is 32.7 Å². The summed E-state index contributed by atoms with van der Waals surface area (Å²) >= 11 is 12.3. The summed E-state index contributed by atoms with van der Waals surface area (Å²) < 4.78 is 12.4. The molecule has 0 saturated heterocycles. The van der Waals surface area contributed by atoms with Crippen molar-refractivity contribution in [2.75, 3.05) is 16.8 Å². The number of nitrogens with zero attached hydrogens (tertiary/aromatic N) is 1. The Kier molecular flexibility index (Phi) is 9.43. The zero-order valence-electron chi connectivity index (χ0n) is 26.9. The summed E-state index contributed by atoms with van der Waals surface area (Å²) in [4.78, 5) is 30.9. The first kappa shape index (κ1) is 32.5. The van der Waals surface area contributed by atoms with Gasteiger partial charge in [-0.15, -0.1) is 0 Å². The molecule has 1 heterocycles. The third-order valence-corrected chi connectivity index (χ3v) is 9.46. The summed E-state index contributed by atoms with van der Waals surface area (Å²) in [6, 6.07) is 37.0. The maximum absolute atomic E-state index is 14.6. The summed E-state index contributed by atoms with van der Waals surface area (Å²) in [7, 11) is 0. The highest BCUT2D eigenvalue weighted by Gasteiger charge is 2.42. The maximum Gasteiger partial charge on any atom is 0.259 e. The van der Waals surface area contributed by atoms with Crippen LogP contribution in [0.1, 0.15) is 58.8 Å². The molecule has 1 aliphatic carbocycles. The van der Waals surface area contributed by atoms with E-state index in [2.05, 4.69) is 5.32 Å². The Morgan fingerprint density at radius 2 is 1.45 bits per heavy atom. The summed E-state index contributed by atoms with van der Waals surface area (Å²) in [5.74, 6) is 0.778. The Morgan fingerprint density at radius 1 is 0.776 bits per heavy atom. The molecule has 1 amide bonds. The van der Waals surface area contributed by atoms with Gasteiger partial charge in [0, 0.05) is 33.3 Å². The second-order valence-electron chi connectivity index (χ2n) is 12.1. The third-order valence-electron chi connectivity index (χ3n) is 8.96. The van der Waals surface area contributed by atoms with Gasteiger partial charge in [-0.2, -0.15) is 0 Å². The molecule has 0 spiro atoms. The summed E-state index contributed by atoms with van der Waals surface area (Å²) in [5.41, 5.74) is 6.02. The summed E-state index contributed by atoms with van der Waals surface area (Å²) in [5, 5.41) is 4.91. The molecule has 8 heteroatoms. The fraction of sp³-hybridized carbons (Fsp3) is 0.171. The number of halogens is 2. The molecule has 5 aromatic rings. The fourth-order valence-corrected chi connectivity index (χ4v) is 6.90. The Balaban J connectivity index is 1.37. The van der Waals surface area contributed by atoms with E-state index in [-0.39, 0.29) is 17.6 Å². The van der Waals surface area contributed by atoms with E-state index >= 15 is 0 Å². The summed E-state index contributed by atoms with van der Waals surface area (Å²) in [6.07, 6.45) is 0.879. The van der Waals surface area contributed by atoms with E-state index in [9.17, 15) is 9.59 Å². The molecule has 6 nitrogen and oxygen atoms in total. The van der Waals surface area contributed by atoms with Crippen LogP contribution in [0.4, 0.5) is 11.4 Å². The zero-order chi connectivity index (χ0) is 33.9. The number of amides is 1. The van der Waals surface area contributed by atoms with Gasteiger partial charge in [-0.25, -0.2) is 0 Å². The lowest BCUT2D eigenvalue weighted by molar-refractivity contribution is -0.116. The number of ether oxygens (including phenoxy) is 2. The van der Waals surface area contributed by atoms with Gasteiger partial charge in [-0.1, -0.05) is 83.9 Å². The summed E-state index contributed by atoms with van der Waals surface area (Å²) in [6.45, 7) is 2.63. The lowest BCUT2D eigenvalue weighted by Gasteiger charge is -2.35. The number of Topliss-reactive ketones (excluding diaryl/α,β-unsaturated/α-hetero) is 1. The normalized spacial score (nSPS) is 17.0. The van der Waals surface area contributed by atoms with Gasteiger partial charge in [0.05, 0.1) is 24.0 Å². The number of ketones is 1. The predicted octanol–water partition coefficient (Wildman–Crippen LogP) is 10.2. The van der Waals surface area contributed by atoms with Crippen LogP contribution in [0.2, 0.25) is 10.0 Å². The van der Waals surface area contributed by atoms with Gasteiger partial charge in [0.2, 0.25) is 0 Å². The molecular weight excluding hydrogens is 655 g/mol. The fourth-order valence-electron chi connectivity index (χ4n) is 6.64. The second kappa shape index (κ2) is 14.2. The van der Waals surface area contributed by atoms with Crippen molar-refractivity contribution in [1.29, 1.82) is 0 Å². The number of hydrogen-bond acceptors (Lipinski definition) is 5. The second-order valence-corrected chi connectivity index (χ2v) is 13.0. The highest BCUT2D eigenvalue weighted by Crippen LogP contribution is 2.49. The number of nitrogens with one attached hydrogen (secondary N) is 1. The number of carbonyl (C=O) groups is 2. The van der Waals surface area contributed by atoms with Crippen LogP contribution in [-0.2, 0) is 11.4 Å². The topological polar surface area (TPSA) is 67.9 Å².